The first kappa shape index (κ1) is 16.2. The second-order valence-electron chi connectivity index (χ2n) is 5.64. The Balaban J connectivity index is 2.19. The summed E-state index contributed by atoms with van der Waals surface area (Å²) in [6, 6.07) is 5.54. The molecule has 1 aliphatic carbocycles. The van der Waals surface area contributed by atoms with Crippen LogP contribution in [-0.4, -0.2) is 35.1 Å². The van der Waals surface area contributed by atoms with Crippen molar-refractivity contribution in [1.29, 1.82) is 0 Å². The first-order valence-corrected chi connectivity index (χ1v) is 8.44. The highest BCUT2D eigenvalue weighted by Gasteiger charge is 2.33. The molecular formula is C16H23NO3S. The number of carbonyl (C=O) groups is 1. The van der Waals surface area contributed by atoms with Crippen molar-refractivity contribution in [2.24, 2.45) is 5.41 Å². The van der Waals surface area contributed by atoms with E-state index in [-0.39, 0.29) is 12.0 Å². The van der Waals surface area contributed by atoms with Crippen molar-refractivity contribution >= 4 is 23.4 Å². The van der Waals surface area contributed by atoms with Crippen molar-refractivity contribution < 1.29 is 15.0 Å². The van der Waals surface area contributed by atoms with E-state index in [0.717, 1.165) is 36.3 Å². The number of nitrogens with one attached hydrogen (secondary N) is 1. The maximum Gasteiger partial charge on any atom is 0.338 e. The van der Waals surface area contributed by atoms with E-state index < -0.39 is 5.97 Å². The predicted molar refractivity (Wildman–Crippen MR) is 86.3 cm³/mol. The summed E-state index contributed by atoms with van der Waals surface area (Å²) in [4.78, 5) is 12.4. The lowest BCUT2D eigenvalue weighted by molar-refractivity contribution is 0.0694. The van der Waals surface area contributed by atoms with Gasteiger partial charge in [-0.25, -0.2) is 4.79 Å². The number of carboxylic acid groups (broad SMARTS) is 1. The molecule has 21 heavy (non-hydrogen) atoms. The summed E-state index contributed by atoms with van der Waals surface area (Å²) >= 11 is 1.54. The Bertz CT molecular complexity index is 498. The summed E-state index contributed by atoms with van der Waals surface area (Å²) in [6.07, 6.45) is 4.28. The van der Waals surface area contributed by atoms with Gasteiger partial charge in [-0.15, -0.1) is 11.8 Å². The normalized spacial score (nSPS) is 16.9. The molecule has 0 aromatic heterocycles. The molecule has 3 N–H and O–H groups in total. The Labute approximate surface area is 129 Å². The fourth-order valence-electron chi connectivity index (χ4n) is 2.97. The number of aliphatic hydroxyl groups is 1. The van der Waals surface area contributed by atoms with Crippen molar-refractivity contribution in [2.45, 2.75) is 37.5 Å². The number of aliphatic hydroxyl groups excluding tert-OH is 1. The molecule has 1 fully saturated rings. The van der Waals surface area contributed by atoms with Gasteiger partial charge in [0.2, 0.25) is 0 Å². The highest BCUT2D eigenvalue weighted by Crippen LogP contribution is 2.38. The maximum atomic E-state index is 11.6. The Morgan fingerprint density at radius 1 is 1.38 bits per heavy atom. The summed E-state index contributed by atoms with van der Waals surface area (Å²) in [5.74, 6) is -0.0665. The molecule has 1 saturated carbocycles. The molecule has 0 atom stereocenters. The topological polar surface area (TPSA) is 69.6 Å². The SMILES string of the molecule is CCSc1cccc(NCC2(CO)CCCC2)c1C(=O)O. The van der Waals surface area contributed by atoms with Crippen LogP contribution >= 0.6 is 11.8 Å². The first-order valence-electron chi connectivity index (χ1n) is 7.46. The molecule has 0 aliphatic heterocycles. The molecular weight excluding hydrogens is 286 g/mol. The third-order valence-corrected chi connectivity index (χ3v) is 5.13. The molecule has 0 radical (unpaired) electrons. The molecule has 1 aliphatic rings. The average Bonchev–Trinajstić information content (AvgIpc) is 2.95. The fourth-order valence-corrected chi connectivity index (χ4v) is 3.80. The Morgan fingerprint density at radius 2 is 2.10 bits per heavy atom. The van der Waals surface area contributed by atoms with E-state index in [2.05, 4.69) is 5.32 Å². The molecule has 0 unspecified atom stereocenters. The third-order valence-electron chi connectivity index (χ3n) is 4.19. The third kappa shape index (κ3) is 3.71. The number of hydrogen-bond donors (Lipinski definition) is 3. The van der Waals surface area contributed by atoms with Crippen LogP contribution in [0.15, 0.2) is 23.1 Å². The molecule has 5 heteroatoms. The zero-order valence-corrected chi connectivity index (χ0v) is 13.2. The summed E-state index contributed by atoms with van der Waals surface area (Å²) in [5.41, 5.74) is 0.903. The molecule has 0 saturated heterocycles. The quantitative estimate of drug-likeness (QED) is 0.673. The minimum atomic E-state index is -0.904. The van der Waals surface area contributed by atoms with Crippen molar-refractivity contribution in [1.82, 2.24) is 0 Å². The molecule has 2 rings (SSSR count). The first-order chi connectivity index (χ1) is 10.1. The van der Waals surface area contributed by atoms with Gasteiger partial charge in [-0.3, -0.25) is 0 Å². The lowest BCUT2D eigenvalue weighted by atomic mass is 9.87. The highest BCUT2D eigenvalue weighted by atomic mass is 32.2. The van der Waals surface area contributed by atoms with Crippen LogP contribution in [0.1, 0.15) is 43.0 Å². The Morgan fingerprint density at radius 3 is 2.67 bits per heavy atom. The largest absolute Gasteiger partial charge is 0.478 e. The Hall–Kier alpha value is -1.20. The van der Waals surface area contributed by atoms with Crippen LogP contribution in [0.3, 0.4) is 0 Å². The van der Waals surface area contributed by atoms with Crippen molar-refractivity contribution in [3.05, 3.63) is 23.8 Å². The fraction of sp³-hybridized carbons (Fsp3) is 0.562. The van der Waals surface area contributed by atoms with Crippen molar-refractivity contribution in [2.75, 3.05) is 24.2 Å². The van der Waals surface area contributed by atoms with Gasteiger partial charge in [0.15, 0.2) is 0 Å². The summed E-state index contributed by atoms with van der Waals surface area (Å²) in [5, 5.41) is 22.4. The second kappa shape index (κ2) is 7.18. The number of anilines is 1. The van der Waals surface area contributed by atoms with Crippen LogP contribution in [0.25, 0.3) is 0 Å². The number of thioether (sulfide) groups is 1. The van der Waals surface area contributed by atoms with Gasteiger partial charge in [-0.05, 0) is 30.7 Å². The van der Waals surface area contributed by atoms with Gasteiger partial charge < -0.3 is 15.5 Å². The van der Waals surface area contributed by atoms with Gasteiger partial charge in [0, 0.05) is 22.5 Å². The predicted octanol–water partition coefficient (Wildman–Crippen LogP) is 3.46. The van der Waals surface area contributed by atoms with Gasteiger partial charge in [-0.1, -0.05) is 25.8 Å². The van der Waals surface area contributed by atoms with E-state index in [1.54, 1.807) is 0 Å². The van der Waals surface area contributed by atoms with Crippen LogP contribution in [0.5, 0.6) is 0 Å². The molecule has 0 spiro atoms. The minimum absolute atomic E-state index is 0.0936. The summed E-state index contributed by atoms with van der Waals surface area (Å²) in [7, 11) is 0. The molecule has 1 aromatic rings. The second-order valence-corrected chi connectivity index (χ2v) is 6.94. The average molecular weight is 309 g/mol. The van der Waals surface area contributed by atoms with E-state index >= 15 is 0 Å². The van der Waals surface area contributed by atoms with E-state index in [4.69, 9.17) is 0 Å². The van der Waals surface area contributed by atoms with E-state index in [0.29, 0.717) is 17.8 Å². The van der Waals surface area contributed by atoms with Gasteiger partial charge in [-0.2, -0.15) is 0 Å². The summed E-state index contributed by atoms with van der Waals surface area (Å²) < 4.78 is 0. The maximum absolute atomic E-state index is 11.6. The number of hydrogen-bond acceptors (Lipinski definition) is 4. The number of aromatic carboxylic acids is 1. The van der Waals surface area contributed by atoms with Crippen LogP contribution in [0.2, 0.25) is 0 Å². The minimum Gasteiger partial charge on any atom is -0.478 e. The summed E-state index contributed by atoms with van der Waals surface area (Å²) in [6.45, 7) is 2.80. The van der Waals surface area contributed by atoms with Gasteiger partial charge in [0.25, 0.3) is 0 Å². The zero-order chi connectivity index (χ0) is 15.3. The van der Waals surface area contributed by atoms with Crippen LogP contribution in [-0.2, 0) is 0 Å². The van der Waals surface area contributed by atoms with Crippen molar-refractivity contribution in [3.63, 3.8) is 0 Å². The molecule has 4 nitrogen and oxygen atoms in total. The van der Waals surface area contributed by atoms with Gasteiger partial charge >= 0.3 is 5.97 Å². The van der Waals surface area contributed by atoms with Gasteiger partial charge in [0.1, 0.15) is 0 Å². The number of rotatable bonds is 7. The van der Waals surface area contributed by atoms with Crippen LogP contribution < -0.4 is 5.32 Å². The zero-order valence-electron chi connectivity index (χ0n) is 12.4. The molecule has 1 aromatic carbocycles. The molecule has 0 amide bonds. The monoisotopic (exact) mass is 309 g/mol. The standard InChI is InChI=1S/C16H23NO3S/c1-2-21-13-7-5-6-12(14(13)15(19)20)17-10-16(11-18)8-3-4-9-16/h5-7,17-18H,2-4,8-11H2,1H3,(H,19,20). The number of benzene rings is 1. The van der Waals surface area contributed by atoms with Gasteiger partial charge in [0.05, 0.1) is 12.2 Å². The lowest BCUT2D eigenvalue weighted by Gasteiger charge is -2.27. The molecule has 0 heterocycles. The number of carboxylic acids is 1. The molecule has 116 valence electrons. The lowest BCUT2D eigenvalue weighted by Crippen LogP contribution is -2.31. The van der Waals surface area contributed by atoms with E-state index in [9.17, 15) is 15.0 Å². The van der Waals surface area contributed by atoms with E-state index in [1.165, 1.54) is 11.8 Å². The van der Waals surface area contributed by atoms with E-state index in [1.807, 2.05) is 25.1 Å². The van der Waals surface area contributed by atoms with Crippen molar-refractivity contribution in [3.8, 4) is 0 Å². The highest BCUT2D eigenvalue weighted by molar-refractivity contribution is 7.99. The smallest absolute Gasteiger partial charge is 0.338 e. The van der Waals surface area contributed by atoms with Crippen LogP contribution in [0.4, 0.5) is 5.69 Å². The Kier molecular flexibility index (Phi) is 5.53. The molecule has 0 bridgehead atoms. The van der Waals surface area contributed by atoms with Crippen LogP contribution in [0, 0.1) is 5.41 Å².